The summed E-state index contributed by atoms with van der Waals surface area (Å²) in [6, 6.07) is 6.03. The number of piperazine rings is 1. The minimum atomic E-state index is 0.101. The Bertz CT molecular complexity index is 764. The van der Waals surface area contributed by atoms with Crippen LogP contribution in [0, 0.1) is 13.8 Å². The van der Waals surface area contributed by atoms with Crippen LogP contribution in [0.4, 0.5) is 0 Å². The van der Waals surface area contributed by atoms with Crippen molar-refractivity contribution in [3.8, 4) is 16.3 Å². The van der Waals surface area contributed by atoms with Gasteiger partial charge in [0, 0.05) is 26.2 Å². The molecule has 0 unspecified atom stereocenters. The number of rotatable bonds is 4. The van der Waals surface area contributed by atoms with Crippen molar-refractivity contribution < 1.29 is 9.53 Å². The van der Waals surface area contributed by atoms with E-state index in [0.29, 0.717) is 0 Å². The number of aryl methyl sites for hydroxylation is 2. The van der Waals surface area contributed by atoms with E-state index in [1.807, 2.05) is 30.9 Å². The average molecular weight is 359 g/mol. The third kappa shape index (κ3) is 3.70. The second-order valence-electron chi connectivity index (χ2n) is 6.36. The highest BCUT2D eigenvalue weighted by Gasteiger charge is 2.25. The summed E-state index contributed by atoms with van der Waals surface area (Å²) in [6.07, 6.45) is 0. The van der Waals surface area contributed by atoms with E-state index in [1.165, 1.54) is 11.3 Å². The van der Waals surface area contributed by atoms with Crippen molar-refractivity contribution in [1.82, 2.24) is 14.8 Å². The van der Waals surface area contributed by atoms with Crippen LogP contribution in [0.1, 0.15) is 27.9 Å². The first-order chi connectivity index (χ1) is 12.0. The molecule has 0 atom stereocenters. The normalized spacial score (nSPS) is 15.4. The van der Waals surface area contributed by atoms with Gasteiger partial charge in [-0.2, -0.15) is 0 Å². The van der Waals surface area contributed by atoms with Crippen LogP contribution >= 0.6 is 11.3 Å². The smallest absolute Gasteiger partial charge is 0.265 e. The molecule has 1 amide bonds. The number of amides is 1. The van der Waals surface area contributed by atoms with Crippen LogP contribution in [0.15, 0.2) is 18.2 Å². The molecule has 2 aromatic rings. The topological polar surface area (TPSA) is 45.7 Å². The van der Waals surface area contributed by atoms with Crippen LogP contribution in [-0.4, -0.2) is 60.5 Å². The van der Waals surface area contributed by atoms with Gasteiger partial charge in [-0.05, 0) is 32.5 Å². The van der Waals surface area contributed by atoms with Gasteiger partial charge in [-0.1, -0.05) is 18.6 Å². The van der Waals surface area contributed by atoms with Gasteiger partial charge in [0.2, 0.25) is 0 Å². The summed E-state index contributed by atoms with van der Waals surface area (Å²) < 4.78 is 5.47. The lowest BCUT2D eigenvalue weighted by Crippen LogP contribution is -2.48. The Morgan fingerprint density at radius 2 is 1.96 bits per heavy atom. The van der Waals surface area contributed by atoms with Crippen molar-refractivity contribution in [1.29, 1.82) is 0 Å². The van der Waals surface area contributed by atoms with E-state index in [0.717, 1.165) is 65.2 Å². The number of hydrogen-bond acceptors (Lipinski definition) is 5. The lowest BCUT2D eigenvalue weighted by molar-refractivity contribution is 0.0647. The van der Waals surface area contributed by atoms with Gasteiger partial charge in [-0.25, -0.2) is 4.98 Å². The molecule has 0 saturated carbocycles. The van der Waals surface area contributed by atoms with E-state index >= 15 is 0 Å². The van der Waals surface area contributed by atoms with E-state index in [9.17, 15) is 4.79 Å². The predicted octanol–water partition coefficient (Wildman–Crippen LogP) is 3.21. The second kappa shape index (κ2) is 7.54. The first-order valence-corrected chi connectivity index (χ1v) is 9.49. The van der Waals surface area contributed by atoms with Gasteiger partial charge in [-0.3, -0.25) is 4.79 Å². The van der Waals surface area contributed by atoms with Crippen molar-refractivity contribution in [2.24, 2.45) is 0 Å². The maximum absolute atomic E-state index is 12.9. The van der Waals surface area contributed by atoms with E-state index in [-0.39, 0.29) is 5.91 Å². The number of ether oxygens (including phenoxy) is 1. The van der Waals surface area contributed by atoms with Crippen molar-refractivity contribution in [3.63, 3.8) is 0 Å². The van der Waals surface area contributed by atoms with Gasteiger partial charge in [0.15, 0.2) is 0 Å². The highest BCUT2D eigenvalue weighted by molar-refractivity contribution is 7.17. The van der Waals surface area contributed by atoms with Crippen LogP contribution in [0.5, 0.6) is 5.75 Å². The molecule has 1 fully saturated rings. The second-order valence-corrected chi connectivity index (χ2v) is 7.36. The molecule has 0 radical (unpaired) electrons. The van der Waals surface area contributed by atoms with Crippen molar-refractivity contribution >= 4 is 17.2 Å². The van der Waals surface area contributed by atoms with Crippen molar-refractivity contribution in [3.05, 3.63) is 34.3 Å². The predicted molar refractivity (Wildman–Crippen MR) is 102 cm³/mol. The van der Waals surface area contributed by atoms with Crippen molar-refractivity contribution in [2.45, 2.75) is 20.8 Å². The molecule has 6 heteroatoms. The first kappa shape index (κ1) is 17.9. The molecule has 0 aliphatic carbocycles. The number of hydrogen-bond donors (Lipinski definition) is 0. The Kier molecular flexibility index (Phi) is 5.39. The summed E-state index contributed by atoms with van der Waals surface area (Å²) >= 11 is 1.46. The van der Waals surface area contributed by atoms with E-state index in [1.54, 1.807) is 7.11 Å². The molecule has 3 rings (SSSR count). The molecule has 0 N–H and O–H groups in total. The van der Waals surface area contributed by atoms with Gasteiger partial charge in [0.05, 0.1) is 18.4 Å². The number of carbonyl (C=O) groups is 1. The fraction of sp³-hybridized carbons (Fsp3) is 0.474. The molecule has 1 aliphatic heterocycles. The number of methoxy groups -OCH3 is 1. The Morgan fingerprint density at radius 1 is 1.24 bits per heavy atom. The molecule has 0 bridgehead atoms. The third-order valence-electron chi connectivity index (χ3n) is 4.68. The van der Waals surface area contributed by atoms with E-state index in [4.69, 9.17) is 4.74 Å². The lowest BCUT2D eigenvalue weighted by atomic mass is 10.1. The van der Waals surface area contributed by atoms with E-state index in [2.05, 4.69) is 22.9 Å². The summed E-state index contributed by atoms with van der Waals surface area (Å²) in [4.78, 5) is 22.6. The molecule has 1 aliphatic rings. The van der Waals surface area contributed by atoms with Crippen molar-refractivity contribution in [2.75, 3.05) is 39.8 Å². The fourth-order valence-corrected chi connectivity index (χ4v) is 4.16. The Balaban J connectivity index is 1.86. The number of benzene rings is 1. The Hall–Kier alpha value is -1.92. The number of likely N-dealkylation sites (N-methyl/N-ethyl adjacent to an activating group) is 1. The lowest BCUT2D eigenvalue weighted by Gasteiger charge is -2.33. The Morgan fingerprint density at radius 3 is 2.60 bits per heavy atom. The number of nitrogens with zero attached hydrogens (tertiary/aromatic N) is 3. The summed E-state index contributed by atoms with van der Waals surface area (Å²) in [7, 11) is 1.66. The standard InChI is InChI=1S/C19H25N3O2S/c1-5-21-8-10-22(11-9-21)19(23)17-14(3)20-18(25-17)15-12-13(2)6-7-16(15)24-4/h6-7,12H,5,8-11H2,1-4H3. The minimum Gasteiger partial charge on any atom is -0.496 e. The van der Waals surface area contributed by atoms with Gasteiger partial charge in [-0.15, -0.1) is 11.3 Å². The number of thiazole rings is 1. The average Bonchev–Trinajstić information content (AvgIpc) is 3.02. The molecule has 0 spiro atoms. The van der Waals surface area contributed by atoms with Gasteiger partial charge < -0.3 is 14.5 Å². The van der Waals surface area contributed by atoms with Gasteiger partial charge in [0.1, 0.15) is 15.6 Å². The number of carbonyl (C=O) groups excluding carboxylic acids is 1. The molecule has 1 aromatic carbocycles. The summed E-state index contributed by atoms with van der Waals surface area (Å²) in [5.74, 6) is 0.888. The Labute approximate surface area is 153 Å². The van der Waals surface area contributed by atoms with Crippen LogP contribution in [0.3, 0.4) is 0 Å². The molecule has 1 aromatic heterocycles. The fourth-order valence-electron chi connectivity index (χ4n) is 3.11. The monoisotopic (exact) mass is 359 g/mol. The van der Waals surface area contributed by atoms with E-state index < -0.39 is 0 Å². The SMILES string of the molecule is CCN1CCN(C(=O)c2sc(-c3cc(C)ccc3OC)nc2C)CC1. The summed E-state index contributed by atoms with van der Waals surface area (Å²) in [5.41, 5.74) is 2.89. The van der Waals surface area contributed by atoms with Crippen LogP contribution in [0.2, 0.25) is 0 Å². The summed E-state index contributed by atoms with van der Waals surface area (Å²) in [5, 5.41) is 0.841. The molecule has 1 saturated heterocycles. The zero-order chi connectivity index (χ0) is 18.0. The molecule has 25 heavy (non-hydrogen) atoms. The third-order valence-corrected chi connectivity index (χ3v) is 5.86. The zero-order valence-electron chi connectivity index (χ0n) is 15.3. The van der Waals surface area contributed by atoms with Gasteiger partial charge in [0.25, 0.3) is 5.91 Å². The molecule has 134 valence electrons. The highest BCUT2D eigenvalue weighted by atomic mass is 32.1. The van der Waals surface area contributed by atoms with Gasteiger partial charge >= 0.3 is 0 Å². The number of aromatic nitrogens is 1. The highest BCUT2D eigenvalue weighted by Crippen LogP contribution is 2.35. The van der Waals surface area contributed by atoms with Crippen LogP contribution in [-0.2, 0) is 0 Å². The quantitative estimate of drug-likeness (QED) is 0.841. The molecular weight excluding hydrogens is 334 g/mol. The van der Waals surface area contributed by atoms with Crippen LogP contribution in [0.25, 0.3) is 10.6 Å². The maximum atomic E-state index is 12.9. The van der Waals surface area contributed by atoms with Crippen LogP contribution < -0.4 is 4.74 Å². The zero-order valence-corrected chi connectivity index (χ0v) is 16.2. The maximum Gasteiger partial charge on any atom is 0.265 e. The molecule has 5 nitrogen and oxygen atoms in total. The minimum absolute atomic E-state index is 0.101. The largest absolute Gasteiger partial charge is 0.496 e. The summed E-state index contributed by atoms with van der Waals surface area (Å²) in [6.45, 7) is 10.6. The first-order valence-electron chi connectivity index (χ1n) is 8.67. The molecule has 2 heterocycles. The molecular formula is C19H25N3O2S.